The molecular weight excluding hydrogens is 224 g/mol. The van der Waals surface area contributed by atoms with Gasteiger partial charge in [-0.3, -0.25) is 9.78 Å². The number of aromatic amines is 2. The fourth-order valence-corrected chi connectivity index (χ4v) is 1.60. The van der Waals surface area contributed by atoms with E-state index in [4.69, 9.17) is 9.47 Å². The molecule has 2 aromatic rings. The molecule has 0 atom stereocenters. The van der Waals surface area contributed by atoms with Crippen molar-refractivity contribution in [3.63, 3.8) is 0 Å². The van der Waals surface area contributed by atoms with Crippen molar-refractivity contribution in [1.82, 2.24) is 9.97 Å². The Morgan fingerprint density at radius 3 is 2.59 bits per heavy atom. The van der Waals surface area contributed by atoms with Crippen LogP contribution in [0.15, 0.2) is 21.7 Å². The van der Waals surface area contributed by atoms with Crippen LogP contribution in [0.4, 0.5) is 0 Å². The second-order valence-corrected chi connectivity index (χ2v) is 3.39. The lowest BCUT2D eigenvalue weighted by atomic mass is 10.2. The molecule has 0 aliphatic rings. The predicted octanol–water partition coefficient (Wildman–Crippen LogP) is 0.624. The Kier molecular flexibility index (Phi) is 2.86. The van der Waals surface area contributed by atoms with Crippen LogP contribution in [0.5, 0.6) is 11.5 Å². The van der Waals surface area contributed by atoms with Crippen molar-refractivity contribution >= 4 is 10.9 Å². The third-order valence-corrected chi connectivity index (χ3v) is 2.32. The Hall–Kier alpha value is -2.24. The quantitative estimate of drug-likeness (QED) is 0.818. The van der Waals surface area contributed by atoms with Gasteiger partial charge in [-0.15, -0.1) is 0 Å². The first-order valence-electron chi connectivity index (χ1n) is 5.13. The number of methoxy groups -OCH3 is 1. The number of fused-ring (bicyclic) bond motifs is 1. The second kappa shape index (κ2) is 4.32. The van der Waals surface area contributed by atoms with E-state index in [0.29, 0.717) is 29.0 Å². The first kappa shape index (κ1) is 11.3. The smallest absolute Gasteiger partial charge is 0.326 e. The summed E-state index contributed by atoms with van der Waals surface area (Å²) < 4.78 is 10.5. The molecule has 0 unspecified atom stereocenters. The van der Waals surface area contributed by atoms with Gasteiger partial charge in [0, 0.05) is 6.07 Å². The van der Waals surface area contributed by atoms with Crippen molar-refractivity contribution < 1.29 is 9.47 Å². The highest BCUT2D eigenvalue weighted by Crippen LogP contribution is 2.29. The maximum Gasteiger partial charge on any atom is 0.326 e. The first-order valence-corrected chi connectivity index (χ1v) is 5.13. The Bertz CT molecular complexity index is 657. The summed E-state index contributed by atoms with van der Waals surface area (Å²) in [4.78, 5) is 27.4. The fourth-order valence-electron chi connectivity index (χ4n) is 1.60. The third kappa shape index (κ3) is 2.01. The maximum atomic E-state index is 11.6. The van der Waals surface area contributed by atoms with Crippen molar-refractivity contribution in [3.05, 3.63) is 33.0 Å². The van der Waals surface area contributed by atoms with Gasteiger partial charge in [0.1, 0.15) is 0 Å². The van der Waals surface area contributed by atoms with Gasteiger partial charge in [0.2, 0.25) is 0 Å². The van der Waals surface area contributed by atoms with Crippen molar-refractivity contribution in [2.24, 2.45) is 0 Å². The molecule has 2 N–H and O–H groups in total. The lowest BCUT2D eigenvalue weighted by Gasteiger charge is -2.09. The minimum Gasteiger partial charge on any atom is -0.493 e. The van der Waals surface area contributed by atoms with Gasteiger partial charge in [-0.2, -0.15) is 0 Å². The molecule has 17 heavy (non-hydrogen) atoms. The number of ether oxygens (including phenoxy) is 2. The lowest BCUT2D eigenvalue weighted by molar-refractivity contribution is 0.311. The van der Waals surface area contributed by atoms with Crippen LogP contribution in [0.1, 0.15) is 6.92 Å². The molecular formula is C11H12N2O4. The zero-order chi connectivity index (χ0) is 12.4. The average Bonchev–Trinajstić information content (AvgIpc) is 2.29. The van der Waals surface area contributed by atoms with Crippen LogP contribution in [0.25, 0.3) is 10.9 Å². The van der Waals surface area contributed by atoms with Gasteiger partial charge in [-0.25, -0.2) is 4.79 Å². The number of aromatic nitrogens is 2. The van der Waals surface area contributed by atoms with Gasteiger partial charge >= 0.3 is 5.69 Å². The van der Waals surface area contributed by atoms with Crippen molar-refractivity contribution in [3.8, 4) is 11.5 Å². The molecule has 0 fully saturated rings. The van der Waals surface area contributed by atoms with Crippen LogP contribution in [0.3, 0.4) is 0 Å². The first-order chi connectivity index (χ1) is 8.15. The van der Waals surface area contributed by atoms with Crippen LogP contribution >= 0.6 is 0 Å². The summed E-state index contributed by atoms with van der Waals surface area (Å²) in [5.41, 5.74) is -0.583. The van der Waals surface area contributed by atoms with Crippen LogP contribution in [0.2, 0.25) is 0 Å². The largest absolute Gasteiger partial charge is 0.493 e. The monoisotopic (exact) mass is 236 g/mol. The van der Waals surface area contributed by atoms with Crippen molar-refractivity contribution in [2.45, 2.75) is 6.92 Å². The predicted molar refractivity (Wildman–Crippen MR) is 62.9 cm³/mol. The zero-order valence-electron chi connectivity index (χ0n) is 9.49. The molecule has 6 nitrogen and oxygen atoms in total. The Balaban J connectivity index is 2.78. The summed E-state index contributed by atoms with van der Waals surface area (Å²) in [6.45, 7) is 2.30. The molecule has 6 heteroatoms. The van der Waals surface area contributed by atoms with Crippen LogP contribution in [0, 0.1) is 0 Å². The highest BCUT2D eigenvalue weighted by molar-refractivity contribution is 5.81. The number of rotatable bonds is 3. The number of H-pyrrole nitrogens is 2. The number of hydrogen-bond donors (Lipinski definition) is 2. The topological polar surface area (TPSA) is 84.2 Å². The van der Waals surface area contributed by atoms with Gasteiger partial charge in [0.25, 0.3) is 5.56 Å². The van der Waals surface area contributed by atoms with E-state index in [9.17, 15) is 9.59 Å². The zero-order valence-corrected chi connectivity index (χ0v) is 9.49. The van der Waals surface area contributed by atoms with Gasteiger partial charge < -0.3 is 14.5 Å². The highest BCUT2D eigenvalue weighted by atomic mass is 16.5. The van der Waals surface area contributed by atoms with E-state index in [1.54, 1.807) is 12.1 Å². The Morgan fingerprint density at radius 1 is 1.18 bits per heavy atom. The molecule has 0 aliphatic carbocycles. The van der Waals surface area contributed by atoms with E-state index in [2.05, 4.69) is 9.97 Å². The molecule has 0 amide bonds. The van der Waals surface area contributed by atoms with Gasteiger partial charge in [-0.1, -0.05) is 0 Å². The molecule has 90 valence electrons. The average molecular weight is 236 g/mol. The standard InChI is InChI=1S/C11H12N2O4/c1-3-17-9-4-6-7(5-8(9)16-2)12-11(15)13-10(6)14/h4-5H,3H2,1-2H3,(H2,12,13,14,15). The SMILES string of the molecule is CCOc1cc2c(=O)[nH]c(=O)[nH]c2cc1OC. The van der Waals surface area contributed by atoms with Gasteiger partial charge in [0.15, 0.2) is 11.5 Å². The maximum absolute atomic E-state index is 11.6. The molecule has 1 aromatic heterocycles. The van der Waals surface area contributed by atoms with Gasteiger partial charge in [-0.05, 0) is 13.0 Å². The summed E-state index contributed by atoms with van der Waals surface area (Å²) >= 11 is 0. The van der Waals surface area contributed by atoms with Crippen LogP contribution < -0.4 is 20.7 Å². The van der Waals surface area contributed by atoms with Crippen LogP contribution in [-0.4, -0.2) is 23.7 Å². The van der Waals surface area contributed by atoms with E-state index in [1.807, 2.05) is 6.92 Å². The summed E-state index contributed by atoms with van der Waals surface area (Å²) in [6, 6.07) is 3.11. The normalized spacial score (nSPS) is 10.5. The molecule has 0 spiro atoms. The molecule has 1 aromatic carbocycles. The van der Waals surface area contributed by atoms with E-state index in [-0.39, 0.29) is 0 Å². The Labute approximate surface area is 96.2 Å². The van der Waals surface area contributed by atoms with E-state index in [1.165, 1.54) is 7.11 Å². The minimum absolute atomic E-state index is 0.355. The van der Waals surface area contributed by atoms with Crippen molar-refractivity contribution in [1.29, 1.82) is 0 Å². The molecule has 0 bridgehead atoms. The van der Waals surface area contributed by atoms with Crippen LogP contribution in [-0.2, 0) is 0 Å². The number of nitrogens with one attached hydrogen (secondary N) is 2. The molecule has 0 saturated heterocycles. The summed E-state index contributed by atoms with van der Waals surface area (Å²) in [5.74, 6) is 0.945. The molecule has 0 saturated carbocycles. The van der Waals surface area contributed by atoms with Gasteiger partial charge in [0.05, 0.1) is 24.6 Å². The van der Waals surface area contributed by atoms with E-state index < -0.39 is 11.2 Å². The fraction of sp³-hybridized carbons (Fsp3) is 0.273. The van der Waals surface area contributed by atoms with Crippen molar-refractivity contribution in [2.75, 3.05) is 13.7 Å². The summed E-state index contributed by atoms with van der Waals surface area (Å²) in [6.07, 6.45) is 0. The molecule has 0 radical (unpaired) electrons. The molecule has 2 rings (SSSR count). The summed E-state index contributed by atoms with van der Waals surface area (Å²) in [7, 11) is 1.50. The Morgan fingerprint density at radius 2 is 1.94 bits per heavy atom. The molecule has 0 aliphatic heterocycles. The highest BCUT2D eigenvalue weighted by Gasteiger charge is 2.09. The third-order valence-electron chi connectivity index (χ3n) is 2.32. The lowest BCUT2D eigenvalue weighted by Crippen LogP contribution is -2.21. The minimum atomic E-state index is -0.547. The summed E-state index contributed by atoms with van der Waals surface area (Å²) in [5, 5.41) is 0.355. The number of benzene rings is 1. The second-order valence-electron chi connectivity index (χ2n) is 3.39. The molecule has 1 heterocycles. The van der Waals surface area contributed by atoms with E-state index >= 15 is 0 Å². The number of hydrogen-bond acceptors (Lipinski definition) is 4. The van der Waals surface area contributed by atoms with E-state index in [0.717, 1.165) is 0 Å².